The van der Waals surface area contributed by atoms with Gasteiger partial charge in [0.1, 0.15) is 17.0 Å². The topological polar surface area (TPSA) is 75.4 Å². The van der Waals surface area contributed by atoms with Crippen LogP contribution in [0.1, 0.15) is 22.5 Å². The van der Waals surface area contributed by atoms with Crippen LogP contribution in [0.4, 0.5) is 0 Å². The molecule has 0 radical (unpaired) electrons. The average Bonchev–Trinajstić information content (AvgIpc) is 2.80. The molecule has 0 bridgehead atoms. The van der Waals surface area contributed by atoms with Crippen LogP contribution in [0.2, 0.25) is 10.0 Å². The lowest BCUT2D eigenvalue weighted by molar-refractivity contribution is 0.0950. The third kappa shape index (κ3) is 3.37. The number of hydrogen-bond acceptors (Lipinski definition) is 4. The fourth-order valence-electron chi connectivity index (χ4n) is 1.90. The molecule has 0 saturated heterocycles. The second-order valence-corrected chi connectivity index (χ2v) is 5.21. The molecular formula is C14H14Cl2N2O3. The quantitative estimate of drug-likeness (QED) is 0.827. The van der Waals surface area contributed by atoms with Crippen LogP contribution < -0.4 is 5.32 Å². The lowest BCUT2D eigenvalue weighted by Gasteiger charge is -2.07. The van der Waals surface area contributed by atoms with Crippen LogP contribution in [0, 0.1) is 6.92 Å². The predicted octanol–water partition coefficient (Wildman–Crippen LogP) is 3.07. The molecule has 1 aromatic carbocycles. The van der Waals surface area contributed by atoms with E-state index < -0.39 is 0 Å². The molecule has 1 amide bonds. The zero-order valence-electron chi connectivity index (χ0n) is 11.3. The highest BCUT2D eigenvalue weighted by Crippen LogP contribution is 2.36. The Bertz CT molecular complexity index is 635. The summed E-state index contributed by atoms with van der Waals surface area (Å²) in [6, 6.07) is 5.04. The molecule has 1 heterocycles. The molecule has 0 fully saturated rings. The Morgan fingerprint density at radius 1 is 1.38 bits per heavy atom. The first-order valence-electron chi connectivity index (χ1n) is 6.36. The summed E-state index contributed by atoms with van der Waals surface area (Å²) in [6.45, 7) is 2.00. The number of halogens is 2. The first-order valence-corrected chi connectivity index (χ1v) is 7.11. The van der Waals surface area contributed by atoms with E-state index >= 15 is 0 Å². The number of benzene rings is 1. The molecule has 0 aliphatic rings. The van der Waals surface area contributed by atoms with Gasteiger partial charge >= 0.3 is 0 Å². The van der Waals surface area contributed by atoms with Gasteiger partial charge in [0.05, 0.1) is 10.0 Å². The summed E-state index contributed by atoms with van der Waals surface area (Å²) >= 11 is 12.3. The third-order valence-electron chi connectivity index (χ3n) is 2.91. The SMILES string of the molecule is Cc1onc(-c2c(Cl)cccc2Cl)c1C(=O)NCCCO. The summed E-state index contributed by atoms with van der Waals surface area (Å²) in [5, 5.41) is 16.1. The fraction of sp³-hybridized carbons (Fsp3) is 0.286. The minimum Gasteiger partial charge on any atom is -0.396 e. The molecule has 7 heteroatoms. The van der Waals surface area contributed by atoms with Gasteiger partial charge in [-0.15, -0.1) is 0 Å². The lowest BCUT2D eigenvalue weighted by Crippen LogP contribution is -2.25. The molecule has 0 spiro atoms. The van der Waals surface area contributed by atoms with Gasteiger partial charge in [-0.25, -0.2) is 0 Å². The van der Waals surface area contributed by atoms with E-state index in [1.54, 1.807) is 25.1 Å². The Morgan fingerprint density at radius 3 is 2.67 bits per heavy atom. The molecule has 0 aliphatic heterocycles. The van der Waals surface area contributed by atoms with Crippen LogP contribution in [0.5, 0.6) is 0 Å². The molecule has 2 aromatic rings. The van der Waals surface area contributed by atoms with Gasteiger partial charge in [-0.3, -0.25) is 4.79 Å². The number of carbonyl (C=O) groups is 1. The van der Waals surface area contributed by atoms with Crippen LogP contribution >= 0.6 is 23.2 Å². The predicted molar refractivity (Wildman–Crippen MR) is 80.7 cm³/mol. The summed E-state index contributed by atoms with van der Waals surface area (Å²) in [7, 11) is 0. The molecule has 2 rings (SSSR count). The van der Waals surface area contributed by atoms with Crippen LogP contribution in [-0.4, -0.2) is 29.3 Å². The van der Waals surface area contributed by atoms with Gasteiger partial charge in [0.15, 0.2) is 0 Å². The number of aliphatic hydroxyl groups is 1. The van der Waals surface area contributed by atoms with Gasteiger partial charge < -0.3 is 14.9 Å². The largest absolute Gasteiger partial charge is 0.396 e. The van der Waals surface area contributed by atoms with Crippen molar-refractivity contribution in [1.29, 1.82) is 0 Å². The number of hydrogen-bond donors (Lipinski definition) is 2. The molecule has 21 heavy (non-hydrogen) atoms. The molecule has 0 unspecified atom stereocenters. The van der Waals surface area contributed by atoms with E-state index in [1.807, 2.05) is 0 Å². The van der Waals surface area contributed by atoms with Crippen molar-refractivity contribution < 1.29 is 14.4 Å². The highest BCUT2D eigenvalue weighted by Gasteiger charge is 2.24. The molecule has 2 N–H and O–H groups in total. The first-order chi connectivity index (χ1) is 10.1. The van der Waals surface area contributed by atoms with Crippen molar-refractivity contribution in [3.8, 4) is 11.3 Å². The van der Waals surface area contributed by atoms with Crippen molar-refractivity contribution in [2.75, 3.05) is 13.2 Å². The van der Waals surface area contributed by atoms with E-state index in [1.165, 1.54) is 0 Å². The minimum absolute atomic E-state index is 0.00605. The summed E-state index contributed by atoms with van der Waals surface area (Å²) in [5.41, 5.74) is 1.07. The Labute approximate surface area is 131 Å². The number of nitrogens with zero attached hydrogens (tertiary/aromatic N) is 1. The molecule has 1 aromatic heterocycles. The van der Waals surface area contributed by atoms with Crippen LogP contribution in [0.3, 0.4) is 0 Å². The van der Waals surface area contributed by atoms with Gasteiger partial charge in [0.2, 0.25) is 0 Å². The standard InChI is InChI=1S/C14H14Cl2N2O3/c1-8-11(14(20)17-6-3-7-19)13(18-21-8)12-9(15)4-2-5-10(12)16/h2,4-5,19H,3,6-7H2,1H3,(H,17,20). The zero-order valence-corrected chi connectivity index (χ0v) is 12.8. The molecule has 5 nitrogen and oxygen atoms in total. The minimum atomic E-state index is -0.340. The van der Waals surface area contributed by atoms with Crippen LogP contribution in [-0.2, 0) is 0 Å². The van der Waals surface area contributed by atoms with Crippen molar-refractivity contribution >= 4 is 29.1 Å². The molecule has 0 atom stereocenters. The fourth-order valence-corrected chi connectivity index (χ4v) is 2.48. The van der Waals surface area contributed by atoms with Gasteiger partial charge in [0.25, 0.3) is 5.91 Å². The Balaban J connectivity index is 2.41. The molecule has 112 valence electrons. The van der Waals surface area contributed by atoms with Crippen molar-refractivity contribution in [2.24, 2.45) is 0 Å². The highest BCUT2D eigenvalue weighted by molar-refractivity contribution is 6.39. The number of amides is 1. The Hall–Kier alpha value is -1.56. The smallest absolute Gasteiger partial charge is 0.257 e. The van der Waals surface area contributed by atoms with Crippen LogP contribution in [0.15, 0.2) is 22.7 Å². The van der Waals surface area contributed by atoms with E-state index in [4.69, 9.17) is 32.8 Å². The molecular weight excluding hydrogens is 315 g/mol. The highest BCUT2D eigenvalue weighted by atomic mass is 35.5. The maximum Gasteiger partial charge on any atom is 0.257 e. The Morgan fingerprint density at radius 2 is 2.05 bits per heavy atom. The van der Waals surface area contributed by atoms with Crippen molar-refractivity contribution in [3.05, 3.63) is 39.6 Å². The van der Waals surface area contributed by atoms with Gasteiger partial charge in [-0.05, 0) is 25.5 Å². The van der Waals surface area contributed by atoms with E-state index in [9.17, 15) is 4.79 Å². The average molecular weight is 329 g/mol. The molecule has 0 saturated carbocycles. The normalized spacial score (nSPS) is 10.7. The monoisotopic (exact) mass is 328 g/mol. The van der Waals surface area contributed by atoms with Gasteiger partial charge in [-0.2, -0.15) is 0 Å². The summed E-state index contributed by atoms with van der Waals surface area (Å²) in [6.07, 6.45) is 0.470. The van der Waals surface area contributed by atoms with Crippen molar-refractivity contribution in [3.63, 3.8) is 0 Å². The van der Waals surface area contributed by atoms with E-state index in [0.717, 1.165) is 0 Å². The van der Waals surface area contributed by atoms with Crippen molar-refractivity contribution in [2.45, 2.75) is 13.3 Å². The summed E-state index contributed by atoms with van der Waals surface area (Å²) in [5.74, 6) is 0.0377. The third-order valence-corrected chi connectivity index (χ3v) is 3.54. The number of aromatic nitrogens is 1. The van der Waals surface area contributed by atoms with Crippen LogP contribution in [0.25, 0.3) is 11.3 Å². The molecule has 0 aliphatic carbocycles. The van der Waals surface area contributed by atoms with E-state index in [-0.39, 0.29) is 12.5 Å². The van der Waals surface area contributed by atoms with E-state index in [0.29, 0.717) is 45.6 Å². The number of aliphatic hydroxyl groups excluding tert-OH is 1. The first kappa shape index (κ1) is 15.8. The van der Waals surface area contributed by atoms with Gasteiger partial charge in [-0.1, -0.05) is 34.4 Å². The maximum absolute atomic E-state index is 12.2. The Kier molecular flexibility index (Phi) is 5.22. The second-order valence-electron chi connectivity index (χ2n) is 4.39. The van der Waals surface area contributed by atoms with Gasteiger partial charge in [0, 0.05) is 18.7 Å². The summed E-state index contributed by atoms with van der Waals surface area (Å²) < 4.78 is 5.11. The van der Waals surface area contributed by atoms with E-state index in [2.05, 4.69) is 10.5 Å². The number of aryl methyl sites for hydroxylation is 1. The maximum atomic E-state index is 12.2. The zero-order chi connectivity index (χ0) is 15.4. The second kappa shape index (κ2) is 6.93. The summed E-state index contributed by atoms with van der Waals surface area (Å²) in [4.78, 5) is 12.2. The number of rotatable bonds is 5. The number of carbonyl (C=O) groups excluding carboxylic acids is 1. The number of nitrogens with one attached hydrogen (secondary N) is 1. The lowest BCUT2D eigenvalue weighted by atomic mass is 10.1. The van der Waals surface area contributed by atoms with Crippen molar-refractivity contribution in [1.82, 2.24) is 10.5 Å².